The molecule has 0 aromatic rings. The van der Waals surface area contributed by atoms with Gasteiger partial charge >= 0.3 is 5.97 Å². The summed E-state index contributed by atoms with van der Waals surface area (Å²) in [4.78, 5) is 36.2. The number of ether oxygens (including phenoxy) is 1. The summed E-state index contributed by atoms with van der Waals surface area (Å²) in [7, 11) is 0. The van der Waals surface area contributed by atoms with E-state index >= 15 is 0 Å². The fraction of sp³-hybridized carbons (Fsp3) is 0.786. The SMILES string of the molecule is CCN(CC)C(=O)CNC(=O)CCC(=O)OC(C)(C)C. The molecular formula is C14H26N2O4. The Balaban J connectivity index is 3.96. The highest BCUT2D eigenvalue weighted by molar-refractivity contribution is 5.86. The first-order valence-electron chi connectivity index (χ1n) is 6.96. The minimum Gasteiger partial charge on any atom is -0.460 e. The van der Waals surface area contributed by atoms with Gasteiger partial charge in [-0.25, -0.2) is 0 Å². The zero-order valence-electron chi connectivity index (χ0n) is 13.1. The molecule has 0 aromatic carbocycles. The smallest absolute Gasteiger partial charge is 0.306 e. The molecule has 0 bridgehead atoms. The molecule has 0 unspecified atom stereocenters. The summed E-state index contributed by atoms with van der Waals surface area (Å²) in [5, 5.41) is 2.51. The van der Waals surface area contributed by atoms with E-state index in [0.717, 1.165) is 0 Å². The van der Waals surface area contributed by atoms with E-state index in [4.69, 9.17) is 4.74 Å². The van der Waals surface area contributed by atoms with Crippen LogP contribution in [-0.2, 0) is 19.1 Å². The number of likely N-dealkylation sites (N-methyl/N-ethyl adjacent to an activating group) is 1. The minimum absolute atomic E-state index is 0.0164. The van der Waals surface area contributed by atoms with Gasteiger partial charge in [0.1, 0.15) is 5.60 Å². The first-order valence-corrected chi connectivity index (χ1v) is 6.96. The Morgan fingerprint density at radius 1 is 1.05 bits per heavy atom. The average Bonchev–Trinajstić information content (AvgIpc) is 2.33. The molecule has 0 fully saturated rings. The minimum atomic E-state index is -0.549. The Labute approximate surface area is 120 Å². The highest BCUT2D eigenvalue weighted by atomic mass is 16.6. The molecule has 0 aromatic heterocycles. The van der Waals surface area contributed by atoms with Crippen LogP contribution in [0.5, 0.6) is 0 Å². The summed E-state index contributed by atoms with van der Waals surface area (Å²) >= 11 is 0. The standard InChI is InChI=1S/C14H26N2O4/c1-6-16(7-2)12(18)10-15-11(17)8-9-13(19)20-14(3,4)5/h6-10H2,1-5H3,(H,15,17). The molecule has 0 spiro atoms. The summed E-state index contributed by atoms with van der Waals surface area (Å²) in [6.45, 7) is 10.3. The van der Waals surface area contributed by atoms with Gasteiger partial charge in [-0.15, -0.1) is 0 Å². The van der Waals surface area contributed by atoms with Crippen LogP contribution in [-0.4, -0.2) is 47.9 Å². The van der Waals surface area contributed by atoms with E-state index in [2.05, 4.69) is 5.32 Å². The van der Waals surface area contributed by atoms with Gasteiger partial charge in [-0.05, 0) is 34.6 Å². The van der Waals surface area contributed by atoms with Gasteiger partial charge in [-0.2, -0.15) is 0 Å². The summed E-state index contributed by atoms with van der Waals surface area (Å²) < 4.78 is 5.09. The summed E-state index contributed by atoms with van der Waals surface area (Å²) in [5.41, 5.74) is -0.549. The van der Waals surface area contributed by atoms with Crippen LogP contribution in [0.15, 0.2) is 0 Å². The van der Waals surface area contributed by atoms with Crippen LogP contribution in [0.4, 0.5) is 0 Å². The third-order valence-electron chi connectivity index (χ3n) is 2.53. The number of rotatable bonds is 7. The Kier molecular flexibility index (Phi) is 7.87. The van der Waals surface area contributed by atoms with Gasteiger partial charge in [0.05, 0.1) is 13.0 Å². The van der Waals surface area contributed by atoms with Gasteiger partial charge in [-0.3, -0.25) is 14.4 Å². The summed E-state index contributed by atoms with van der Waals surface area (Å²) in [5.74, 6) is -0.861. The molecule has 0 aliphatic rings. The Morgan fingerprint density at radius 3 is 2.05 bits per heavy atom. The van der Waals surface area contributed by atoms with Crippen LogP contribution >= 0.6 is 0 Å². The second kappa shape index (κ2) is 8.55. The molecule has 6 nitrogen and oxygen atoms in total. The second-order valence-electron chi connectivity index (χ2n) is 5.43. The molecule has 0 rings (SSSR count). The zero-order chi connectivity index (χ0) is 15.8. The third kappa shape index (κ3) is 8.50. The van der Waals surface area contributed by atoms with Crippen LogP contribution in [0.3, 0.4) is 0 Å². The highest BCUT2D eigenvalue weighted by Crippen LogP contribution is 2.08. The predicted molar refractivity (Wildman–Crippen MR) is 76.0 cm³/mol. The number of amides is 2. The van der Waals surface area contributed by atoms with Crippen molar-refractivity contribution >= 4 is 17.8 Å². The maximum absolute atomic E-state index is 11.7. The molecule has 0 atom stereocenters. The van der Waals surface area contributed by atoms with E-state index in [-0.39, 0.29) is 31.2 Å². The largest absolute Gasteiger partial charge is 0.460 e. The van der Waals surface area contributed by atoms with E-state index in [1.54, 1.807) is 25.7 Å². The first kappa shape index (κ1) is 18.4. The summed E-state index contributed by atoms with van der Waals surface area (Å²) in [6, 6.07) is 0. The fourth-order valence-electron chi connectivity index (χ4n) is 1.56. The zero-order valence-corrected chi connectivity index (χ0v) is 13.1. The second-order valence-corrected chi connectivity index (χ2v) is 5.43. The van der Waals surface area contributed by atoms with Gasteiger partial charge in [0.15, 0.2) is 0 Å². The van der Waals surface area contributed by atoms with Crippen LogP contribution in [0.1, 0.15) is 47.5 Å². The third-order valence-corrected chi connectivity index (χ3v) is 2.53. The molecule has 2 amide bonds. The Hall–Kier alpha value is -1.59. The van der Waals surface area contributed by atoms with Crippen molar-refractivity contribution in [2.45, 2.75) is 53.1 Å². The van der Waals surface area contributed by atoms with E-state index in [1.165, 1.54) is 0 Å². The lowest BCUT2D eigenvalue weighted by Crippen LogP contribution is -2.40. The number of nitrogens with one attached hydrogen (secondary N) is 1. The van der Waals surface area contributed by atoms with Gasteiger partial charge in [0.25, 0.3) is 0 Å². The first-order chi connectivity index (χ1) is 9.19. The highest BCUT2D eigenvalue weighted by Gasteiger charge is 2.17. The van der Waals surface area contributed by atoms with E-state index < -0.39 is 11.6 Å². The number of nitrogens with zero attached hydrogens (tertiary/aromatic N) is 1. The number of carbonyl (C=O) groups is 3. The molecule has 6 heteroatoms. The monoisotopic (exact) mass is 286 g/mol. The predicted octanol–water partition coefficient (Wildman–Crippen LogP) is 1.09. The lowest BCUT2D eigenvalue weighted by Gasteiger charge is -2.20. The van der Waals surface area contributed by atoms with Gasteiger partial charge in [0.2, 0.25) is 11.8 Å². The van der Waals surface area contributed by atoms with Crippen molar-refractivity contribution in [3.8, 4) is 0 Å². The average molecular weight is 286 g/mol. The molecule has 0 saturated carbocycles. The van der Waals surface area contributed by atoms with Crippen molar-refractivity contribution in [2.75, 3.05) is 19.6 Å². The molecular weight excluding hydrogens is 260 g/mol. The van der Waals surface area contributed by atoms with Gasteiger partial charge in [0, 0.05) is 19.5 Å². The van der Waals surface area contributed by atoms with Gasteiger partial charge < -0.3 is 15.0 Å². The fourth-order valence-corrected chi connectivity index (χ4v) is 1.56. The normalized spacial score (nSPS) is 10.8. The maximum Gasteiger partial charge on any atom is 0.306 e. The summed E-state index contributed by atoms with van der Waals surface area (Å²) in [6.07, 6.45) is 0.0446. The van der Waals surface area contributed by atoms with Crippen molar-refractivity contribution in [1.29, 1.82) is 0 Å². The van der Waals surface area contributed by atoms with Crippen molar-refractivity contribution in [3.63, 3.8) is 0 Å². The number of carbonyl (C=O) groups excluding carboxylic acids is 3. The molecule has 20 heavy (non-hydrogen) atoms. The maximum atomic E-state index is 11.7. The van der Waals surface area contributed by atoms with Crippen LogP contribution in [0.25, 0.3) is 0 Å². The van der Waals surface area contributed by atoms with Crippen molar-refractivity contribution in [1.82, 2.24) is 10.2 Å². The van der Waals surface area contributed by atoms with Crippen LogP contribution < -0.4 is 5.32 Å². The number of hydrogen-bond donors (Lipinski definition) is 1. The van der Waals surface area contributed by atoms with E-state index in [1.807, 2.05) is 13.8 Å². The molecule has 0 saturated heterocycles. The van der Waals surface area contributed by atoms with Crippen LogP contribution in [0, 0.1) is 0 Å². The van der Waals surface area contributed by atoms with Crippen molar-refractivity contribution in [3.05, 3.63) is 0 Å². The van der Waals surface area contributed by atoms with Crippen molar-refractivity contribution < 1.29 is 19.1 Å². The molecule has 0 aliphatic carbocycles. The van der Waals surface area contributed by atoms with Gasteiger partial charge in [-0.1, -0.05) is 0 Å². The molecule has 116 valence electrons. The van der Waals surface area contributed by atoms with E-state index in [9.17, 15) is 14.4 Å². The topological polar surface area (TPSA) is 75.7 Å². The molecule has 1 N–H and O–H groups in total. The lowest BCUT2D eigenvalue weighted by atomic mass is 10.2. The number of esters is 1. The van der Waals surface area contributed by atoms with E-state index in [0.29, 0.717) is 13.1 Å². The van der Waals surface area contributed by atoms with Crippen LogP contribution in [0.2, 0.25) is 0 Å². The Morgan fingerprint density at radius 2 is 1.60 bits per heavy atom. The quantitative estimate of drug-likeness (QED) is 0.711. The number of hydrogen-bond acceptors (Lipinski definition) is 4. The lowest BCUT2D eigenvalue weighted by molar-refractivity contribution is -0.155. The molecule has 0 heterocycles. The Bertz CT molecular complexity index is 344. The molecule has 0 radical (unpaired) electrons. The molecule has 0 aliphatic heterocycles. The van der Waals surface area contributed by atoms with Crippen molar-refractivity contribution in [2.24, 2.45) is 0 Å².